The Morgan fingerprint density at radius 2 is 2.00 bits per heavy atom. The molecule has 1 rings (SSSR count). The molecule has 0 fully saturated rings. The summed E-state index contributed by atoms with van der Waals surface area (Å²) in [7, 11) is 0. The minimum absolute atomic E-state index is 0.0540. The molecule has 0 saturated carbocycles. The quantitative estimate of drug-likeness (QED) is 0.721. The van der Waals surface area contributed by atoms with Gasteiger partial charge in [-0.15, -0.1) is 0 Å². The van der Waals surface area contributed by atoms with Crippen molar-refractivity contribution in [2.24, 2.45) is 5.92 Å². The van der Waals surface area contributed by atoms with Crippen LogP contribution in [0.2, 0.25) is 0 Å². The molecule has 5 nitrogen and oxygen atoms in total. The van der Waals surface area contributed by atoms with Gasteiger partial charge in [0.15, 0.2) is 0 Å². The molecule has 0 radical (unpaired) electrons. The molecule has 2 unspecified atom stereocenters. The number of amides is 2. The fourth-order valence-corrected chi connectivity index (χ4v) is 2.15. The van der Waals surface area contributed by atoms with Crippen molar-refractivity contribution in [3.05, 3.63) is 29.8 Å². The van der Waals surface area contributed by atoms with Crippen LogP contribution in [0.25, 0.3) is 0 Å². The van der Waals surface area contributed by atoms with Crippen molar-refractivity contribution >= 4 is 17.7 Å². The number of carbonyl (C=O) groups is 2. The largest absolute Gasteiger partial charge is 0.481 e. The number of aliphatic carboxylic acids is 1. The third kappa shape index (κ3) is 6.79. The lowest BCUT2D eigenvalue weighted by Crippen LogP contribution is -2.37. The summed E-state index contributed by atoms with van der Waals surface area (Å²) in [5, 5.41) is 14.4. The number of carboxylic acid groups (broad SMARTS) is 1. The summed E-state index contributed by atoms with van der Waals surface area (Å²) in [6.45, 7) is 6.27. The van der Waals surface area contributed by atoms with Crippen molar-refractivity contribution in [1.82, 2.24) is 5.32 Å². The maximum absolute atomic E-state index is 11.9. The molecule has 1 aromatic carbocycles. The predicted octanol–water partition coefficient (Wildman–Crippen LogP) is 3.26. The Bertz CT molecular complexity index is 488. The molecule has 0 bridgehead atoms. The molecule has 1 aromatic rings. The van der Waals surface area contributed by atoms with Crippen molar-refractivity contribution < 1.29 is 14.7 Å². The Kier molecular flexibility index (Phi) is 6.72. The molecule has 0 heterocycles. The van der Waals surface area contributed by atoms with Gasteiger partial charge < -0.3 is 15.7 Å². The summed E-state index contributed by atoms with van der Waals surface area (Å²) < 4.78 is 0. The van der Waals surface area contributed by atoms with E-state index < -0.39 is 5.97 Å². The number of nitrogens with one attached hydrogen (secondary N) is 2. The zero-order chi connectivity index (χ0) is 15.8. The van der Waals surface area contributed by atoms with Crippen molar-refractivity contribution in [2.75, 3.05) is 5.32 Å². The molecule has 0 aromatic heterocycles. The van der Waals surface area contributed by atoms with Gasteiger partial charge in [0.25, 0.3) is 0 Å². The smallest absolute Gasteiger partial charge is 0.319 e. The molecule has 2 atom stereocenters. The molecule has 116 valence electrons. The van der Waals surface area contributed by atoms with Crippen LogP contribution in [0.3, 0.4) is 0 Å². The van der Waals surface area contributed by atoms with Gasteiger partial charge in [-0.25, -0.2) is 4.79 Å². The first-order chi connectivity index (χ1) is 9.90. The van der Waals surface area contributed by atoms with E-state index in [0.717, 1.165) is 12.8 Å². The third-order valence-electron chi connectivity index (χ3n) is 3.37. The second kappa shape index (κ2) is 8.29. The van der Waals surface area contributed by atoms with E-state index in [9.17, 15) is 9.59 Å². The van der Waals surface area contributed by atoms with Gasteiger partial charge in [0, 0.05) is 11.7 Å². The van der Waals surface area contributed by atoms with E-state index in [-0.39, 0.29) is 18.5 Å². The minimum Gasteiger partial charge on any atom is -0.481 e. The molecule has 2 amide bonds. The second-order valence-corrected chi connectivity index (χ2v) is 5.52. The van der Waals surface area contributed by atoms with Crippen LogP contribution < -0.4 is 10.6 Å². The molecule has 21 heavy (non-hydrogen) atoms. The van der Waals surface area contributed by atoms with Crippen LogP contribution in [0.5, 0.6) is 0 Å². The van der Waals surface area contributed by atoms with Crippen LogP contribution in [-0.2, 0) is 11.2 Å². The van der Waals surface area contributed by atoms with Gasteiger partial charge in [0.05, 0.1) is 6.42 Å². The van der Waals surface area contributed by atoms with Crippen molar-refractivity contribution in [2.45, 2.75) is 46.1 Å². The van der Waals surface area contributed by atoms with E-state index in [1.165, 1.54) is 0 Å². The van der Waals surface area contributed by atoms with Gasteiger partial charge in [0.2, 0.25) is 0 Å². The summed E-state index contributed by atoms with van der Waals surface area (Å²) in [6, 6.07) is 6.71. The first-order valence-electron chi connectivity index (χ1n) is 7.29. The SMILES string of the molecule is CCC(C)CC(C)NC(=O)Nc1cccc(CC(=O)O)c1. The Labute approximate surface area is 125 Å². The zero-order valence-corrected chi connectivity index (χ0v) is 12.8. The molecule has 3 N–H and O–H groups in total. The summed E-state index contributed by atoms with van der Waals surface area (Å²) in [5.74, 6) is -0.321. The van der Waals surface area contributed by atoms with Crippen LogP contribution in [-0.4, -0.2) is 23.1 Å². The van der Waals surface area contributed by atoms with Gasteiger partial charge in [0.1, 0.15) is 0 Å². The van der Waals surface area contributed by atoms with Crippen LogP contribution in [0, 0.1) is 5.92 Å². The highest BCUT2D eigenvalue weighted by Crippen LogP contribution is 2.12. The lowest BCUT2D eigenvalue weighted by Gasteiger charge is -2.18. The molecule has 0 saturated heterocycles. The first kappa shape index (κ1) is 17.0. The summed E-state index contributed by atoms with van der Waals surface area (Å²) in [4.78, 5) is 22.6. The Morgan fingerprint density at radius 1 is 1.29 bits per heavy atom. The topological polar surface area (TPSA) is 78.4 Å². The minimum atomic E-state index is -0.890. The molecule has 0 aliphatic rings. The number of anilines is 1. The van der Waals surface area contributed by atoms with Crippen molar-refractivity contribution in [3.8, 4) is 0 Å². The Hall–Kier alpha value is -2.04. The fraction of sp³-hybridized carbons (Fsp3) is 0.500. The summed E-state index contributed by atoms with van der Waals surface area (Å²) in [6.07, 6.45) is 1.97. The first-order valence-corrected chi connectivity index (χ1v) is 7.29. The molecule has 0 aliphatic carbocycles. The lowest BCUT2D eigenvalue weighted by molar-refractivity contribution is -0.136. The lowest BCUT2D eigenvalue weighted by atomic mass is 10.0. The zero-order valence-electron chi connectivity index (χ0n) is 12.8. The van der Waals surface area contributed by atoms with Crippen molar-refractivity contribution in [3.63, 3.8) is 0 Å². The van der Waals surface area contributed by atoms with Crippen LogP contribution >= 0.6 is 0 Å². The number of hydrogen-bond donors (Lipinski definition) is 3. The number of hydrogen-bond acceptors (Lipinski definition) is 2. The fourth-order valence-electron chi connectivity index (χ4n) is 2.15. The third-order valence-corrected chi connectivity index (χ3v) is 3.37. The number of carbonyl (C=O) groups excluding carboxylic acids is 1. The van der Waals surface area contributed by atoms with E-state index in [2.05, 4.69) is 24.5 Å². The monoisotopic (exact) mass is 292 g/mol. The summed E-state index contributed by atoms with van der Waals surface area (Å²) in [5.41, 5.74) is 1.26. The molecular formula is C16H24N2O3. The normalized spacial score (nSPS) is 13.3. The van der Waals surface area contributed by atoms with Crippen LogP contribution in [0.15, 0.2) is 24.3 Å². The Morgan fingerprint density at radius 3 is 2.62 bits per heavy atom. The highest BCUT2D eigenvalue weighted by Gasteiger charge is 2.11. The van der Waals surface area contributed by atoms with Gasteiger partial charge in [-0.1, -0.05) is 32.4 Å². The maximum atomic E-state index is 11.9. The van der Waals surface area contributed by atoms with E-state index in [1.807, 2.05) is 6.92 Å². The average Bonchev–Trinajstić information content (AvgIpc) is 2.37. The summed E-state index contributed by atoms with van der Waals surface area (Å²) >= 11 is 0. The molecular weight excluding hydrogens is 268 g/mol. The highest BCUT2D eigenvalue weighted by molar-refractivity contribution is 5.89. The molecule has 0 aliphatic heterocycles. The highest BCUT2D eigenvalue weighted by atomic mass is 16.4. The van der Waals surface area contributed by atoms with Crippen LogP contribution in [0.4, 0.5) is 10.5 Å². The molecule has 0 spiro atoms. The van der Waals surface area contributed by atoms with E-state index in [0.29, 0.717) is 17.2 Å². The average molecular weight is 292 g/mol. The number of benzene rings is 1. The molecule has 5 heteroatoms. The van der Waals surface area contributed by atoms with Gasteiger partial charge >= 0.3 is 12.0 Å². The van der Waals surface area contributed by atoms with Crippen LogP contribution in [0.1, 0.15) is 39.2 Å². The Balaban J connectivity index is 2.52. The predicted molar refractivity (Wildman–Crippen MR) is 83.5 cm³/mol. The van der Waals surface area contributed by atoms with E-state index in [1.54, 1.807) is 24.3 Å². The van der Waals surface area contributed by atoms with Gasteiger partial charge in [-0.3, -0.25) is 4.79 Å². The van der Waals surface area contributed by atoms with Crippen molar-refractivity contribution in [1.29, 1.82) is 0 Å². The van der Waals surface area contributed by atoms with Gasteiger partial charge in [-0.2, -0.15) is 0 Å². The van der Waals surface area contributed by atoms with E-state index in [4.69, 9.17) is 5.11 Å². The van der Waals surface area contributed by atoms with E-state index >= 15 is 0 Å². The number of rotatable bonds is 7. The number of carboxylic acids is 1. The van der Waals surface area contributed by atoms with Gasteiger partial charge in [-0.05, 0) is 37.0 Å². The standard InChI is InChI=1S/C16H24N2O3/c1-4-11(2)8-12(3)17-16(21)18-14-7-5-6-13(9-14)10-15(19)20/h5-7,9,11-12H,4,8,10H2,1-3H3,(H,19,20)(H2,17,18,21). The maximum Gasteiger partial charge on any atom is 0.319 e. The second-order valence-electron chi connectivity index (χ2n) is 5.52. The number of urea groups is 1.